The van der Waals surface area contributed by atoms with Crippen molar-refractivity contribution in [2.24, 2.45) is 0 Å². The molecule has 17 heavy (non-hydrogen) atoms. The molecule has 0 saturated heterocycles. The van der Waals surface area contributed by atoms with Gasteiger partial charge in [-0.1, -0.05) is 12.1 Å². The molecule has 1 aromatic carbocycles. The van der Waals surface area contributed by atoms with Gasteiger partial charge in [-0.25, -0.2) is 9.37 Å². The zero-order valence-corrected chi connectivity index (χ0v) is 9.14. The Bertz CT molecular complexity index is 533. The van der Waals surface area contributed by atoms with Crippen molar-refractivity contribution in [1.29, 1.82) is 0 Å². The quantitative estimate of drug-likeness (QED) is 0.849. The minimum Gasteiger partial charge on any atom is -0.479 e. The summed E-state index contributed by atoms with van der Waals surface area (Å²) < 4.78 is 18.4. The van der Waals surface area contributed by atoms with E-state index in [0.29, 0.717) is 11.5 Å². The van der Waals surface area contributed by atoms with Gasteiger partial charge in [0.2, 0.25) is 5.88 Å². The second-order valence-corrected chi connectivity index (χ2v) is 3.25. The molecule has 88 valence electrons. The first-order valence-corrected chi connectivity index (χ1v) is 4.88. The van der Waals surface area contributed by atoms with Gasteiger partial charge in [0, 0.05) is 0 Å². The zero-order chi connectivity index (χ0) is 12.3. The number of nitrogens with zero attached hydrogens (tertiary/aromatic N) is 2. The summed E-state index contributed by atoms with van der Waals surface area (Å²) in [6.07, 6.45) is 1.29. The van der Waals surface area contributed by atoms with Gasteiger partial charge in [-0.3, -0.25) is 0 Å². The Labute approximate surface area is 97.5 Å². The molecule has 2 rings (SSSR count). The average Bonchev–Trinajstić information content (AvgIpc) is 2.34. The van der Waals surface area contributed by atoms with Crippen LogP contribution in [0.15, 0.2) is 30.6 Å². The van der Waals surface area contributed by atoms with Crippen molar-refractivity contribution in [3.63, 3.8) is 0 Å². The molecule has 1 aromatic heterocycles. The summed E-state index contributed by atoms with van der Waals surface area (Å²) in [6, 6.07) is 6.24. The topological polar surface area (TPSA) is 73.1 Å². The average molecular weight is 234 g/mol. The minimum absolute atomic E-state index is 0.234. The summed E-state index contributed by atoms with van der Waals surface area (Å²) in [5.74, 6) is 0.172. The van der Waals surface area contributed by atoms with Crippen LogP contribution in [-0.2, 0) is 0 Å². The number of rotatable bonds is 3. The molecule has 5 nitrogen and oxygen atoms in total. The van der Waals surface area contributed by atoms with Gasteiger partial charge >= 0.3 is 0 Å². The summed E-state index contributed by atoms with van der Waals surface area (Å²) in [7, 11) is 1.45. The number of anilines is 3. The van der Waals surface area contributed by atoms with E-state index < -0.39 is 0 Å². The van der Waals surface area contributed by atoms with E-state index in [2.05, 4.69) is 15.3 Å². The molecule has 3 N–H and O–H groups in total. The molecule has 0 bridgehead atoms. The number of hydrogen-bond donors (Lipinski definition) is 2. The standard InChI is InChI=1S/C11H11FN4O/c1-17-11-9(13)10(14-6-15-11)16-8-5-3-2-4-7(8)12/h2-6H,13H2,1H3,(H,14,15,16). The van der Waals surface area contributed by atoms with E-state index in [1.165, 1.54) is 19.5 Å². The Balaban J connectivity index is 2.34. The molecule has 0 amide bonds. The van der Waals surface area contributed by atoms with Crippen molar-refractivity contribution in [1.82, 2.24) is 9.97 Å². The van der Waals surface area contributed by atoms with E-state index in [1.807, 2.05) is 0 Å². The number of halogens is 1. The molecule has 2 aromatic rings. The molecule has 0 spiro atoms. The lowest BCUT2D eigenvalue weighted by Gasteiger charge is -2.10. The second-order valence-electron chi connectivity index (χ2n) is 3.25. The fourth-order valence-corrected chi connectivity index (χ4v) is 1.33. The van der Waals surface area contributed by atoms with Gasteiger partial charge in [-0.2, -0.15) is 4.98 Å². The summed E-state index contributed by atoms with van der Waals surface area (Å²) in [5, 5.41) is 2.78. The van der Waals surface area contributed by atoms with Crippen LogP contribution in [-0.4, -0.2) is 17.1 Å². The normalized spacial score (nSPS) is 10.0. The molecule has 6 heteroatoms. The summed E-state index contributed by atoms with van der Waals surface area (Å²) >= 11 is 0. The fourth-order valence-electron chi connectivity index (χ4n) is 1.33. The third-order valence-electron chi connectivity index (χ3n) is 2.17. The number of hydrogen-bond acceptors (Lipinski definition) is 5. The van der Waals surface area contributed by atoms with Crippen LogP contribution in [0.4, 0.5) is 21.6 Å². The molecule has 0 radical (unpaired) electrons. The maximum atomic E-state index is 13.4. The molecule has 0 aliphatic rings. The number of ether oxygens (including phenoxy) is 1. The minimum atomic E-state index is -0.385. The van der Waals surface area contributed by atoms with Crippen molar-refractivity contribution in [2.45, 2.75) is 0 Å². The summed E-state index contributed by atoms with van der Waals surface area (Å²) in [6.45, 7) is 0. The molecule has 0 saturated carbocycles. The summed E-state index contributed by atoms with van der Waals surface area (Å²) in [4.78, 5) is 7.76. The number of methoxy groups -OCH3 is 1. The van der Waals surface area contributed by atoms with E-state index >= 15 is 0 Å². The lowest BCUT2D eigenvalue weighted by Crippen LogP contribution is -2.04. The van der Waals surface area contributed by atoms with Crippen LogP contribution >= 0.6 is 0 Å². The van der Waals surface area contributed by atoms with E-state index in [4.69, 9.17) is 10.5 Å². The van der Waals surface area contributed by atoms with E-state index in [0.717, 1.165) is 0 Å². The third-order valence-corrected chi connectivity index (χ3v) is 2.17. The molecule has 0 unspecified atom stereocenters. The van der Waals surface area contributed by atoms with Crippen LogP contribution in [0.3, 0.4) is 0 Å². The number of benzene rings is 1. The first-order valence-electron chi connectivity index (χ1n) is 4.88. The largest absolute Gasteiger partial charge is 0.479 e. The Morgan fingerprint density at radius 2 is 2.06 bits per heavy atom. The smallest absolute Gasteiger partial charge is 0.242 e. The number of nitrogens with two attached hydrogens (primary N) is 1. The fraction of sp³-hybridized carbons (Fsp3) is 0.0909. The van der Waals surface area contributed by atoms with Crippen molar-refractivity contribution in [3.05, 3.63) is 36.4 Å². The van der Waals surface area contributed by atoms with Gasteiger partial charge in [0.05, 0.1) is 12.8 Å². The predicted octanol–water partition coefficient (Wildman–Crippen LogP) is 1.95. The number of nitrogen functional groups attached to an aromatic ring is 1. The zero-order valence-electron chi connectivity index (χ0n) is 9.14. The lowest BCUT2D eigenvalue weighted by atomic mass is 10.3. The molecule has 0 aliphatic heterocycles. The highest BCUT2D eigenvalue weighted by molar-refractivity contribution is 5.72. The van der Waals surface area contributed by atoms with Crippen molar-refractivity contribution in [2.75, 3.05) is 18.2 Å². The van der Waals surface area contributed by atoms with Crippen molar-refractivity contribution >= 4 is 17.2 Å². The Morgan fingerprint density at radius 3 is 2.76 bits per heavy atom. The Kier molecular flexibility index (Phi) is 3.04. The Morgan fingerprint density at radius 1 is 1.29 bits per heavy atom. The highest BCUT2D eigenvalue weighted by Gasteiger charge is 2.09. The highest BCUT2D eigenvalue weighted by Crippen LogP contribution is 2.27. The molecule has 0 aliphatic carbocycles. The second kappa shape index (κ2) is 4.65. The number of nitrogens with one attached hydrogen (secondary N) is 1. The van der Waals surface area contributed by atoms with Gasteiger partial charge in [0.25, 0.3) is 0 Å². The monoisotopic (exact) mass is 234 g/mol. The van der Waals surface area contributed by atoms with Crippen molar-refractivity contribution in [3.8, 4) is 5.88 Å². The van der Waals surface area contributed by atoms with Crippen LogP contribution in [0.25, 0.3) is 0 Å². The van der Waals surface area contributed by atoms with Gasteiger partial charge in [-0.15, -0.1) is 0 Å². The maximum absolute atomic E-state index is 13.4. The van der Waals surface area contributed by atoms with Crippen LogP contribution in [0.5, 0.6) is 5.88 Å². The Hall–Kier alpha value is -2.37. The van der Waals surface area contributed by atoms with Crippen LogP contribution in [0.1, 0.15) is 0 Å². The molecular formula is C11H11FN4O. The molecular weight excluding hydrogens is 223 g/mol. The van der Waals surface area contributed by atoms with E-state index in [9.17, 15) is 4.39 Å². The number of aromatic nitrogens is 2. The summed E-state index contributed by atoms with van der Waals surface area (Å²) in [5.41, 5.74) is 6.28. The SMILES string of the molecule is COc1ncnc(Nc2ccccc2F)c1N. The van der Waals surface area contributed by atoms with Crippen molar-refractivity contribution < 1.29 is 9.13 Å². The predicted molar refractivity (Wildman–Crippen MR) is 62.7 cm³/mol. The third kappa shape index (κ3) is 2.25. The van der Waals surface area contributed by atoms with Crippen LogP contribution in [0.2, 0.25) is 0 Å². The molecule has 1 heterocycles. The number of para-hydroxylation sites is 1. The maximum Gasteiger partial charge on any atom is 0.242 e. The van der Waals surface area contributed by atoms with E-state index in [-0.39, 0.29) is 17.4 Å². The van der Waals surface area contributed by atoms with Crippen LogP contribution in [0, 0.1) is 5.82 Å². The first-order chi connectivity index (χ1) is 8.22. The van der Waals surface area contributed by atoms with Gasteiger partial charge in [-0.05, 0) is 12.1 Å². The van der Waals surface area contributed by atoms with Gasteiger partial charge in [0.15, 0.2) is 5.82 Å². The van der Waals surface area contributed by atoms with Gasteiger partial charge in [0.1, 0.15) is 17.8 Å². The first kappa shape index (κ1) is 11.1. The molecule has 0 atom stereocenters. The lowest BCUT2D eigenvalue weighted by molar-refractivity contribution is 0.399. The van der Waals surface area contributed by atoms with Gasteiger partial charge < -0.3 is 15.8 Å². The highest BCUT2D eigenvalue weighted by atomic mass is 19.1. The molecule has 0 fully saturated rings. The van der Waals surface area contributed by atoms with Crippen LogP contribution < -0.4 is 15.8 Å². The van der Waals surface area contributed by atoms with E-state index in [1.54, 1.807) is 18.2 Å².